The quantitative estimate of drug-likeness (QED) is 0.499. The van der Waals surface area contributed by atoms with Crippen LogP contribution in [0.15, 0.2) is 54.7 Å². The topological polar surface area (TPSA) is 79.4 Å². The van der Waals surface area contributed by atoms with Crippen LogP contribution in [-0.2, 0) is 4.79 Å². The Morgan fingerprint density at radius 1 is 1.13 bits per heavy atom. The minimum absolute atomic E-state index is 0.0699. The number of ether oxygens (including phenoxy) is 1. The van der Waals surface area contributed by atoms with Crippen LogP contribution in [0.2, 0.25) is 5.02 Å². The fourth-order valence-corrected chi connectivity index (χ4v) is 3.47. The molecule has 0 aliphatic carbocycles. The Hall–Kier alpha value is -3.32. The van der Waals surface area contributed by atoms with Gasteiger partial charge < -0.3 is 20.3 Å². The van der Waals surface area contributed by atoms with Crippen molar-refractivity contribution >= 4 is 40.5 Å². The minimum Gasteiger partial charge on any atom is -0.437 e. The number of hydrogen-bond acceptors (Lipinski definition) is 6. The van der Waals surface area contributed by atoms with Crippen molar-refractivity contribution in [2.75, 3.05) is 28.6 Å². The SMILES string of the molecule is CCC(=O)Nc1cccc(Oc2nc(Nc3ccc(N4CCCC4)cc3)ncc2Cl)c1. The Kier molecular flexibility index (Phi) is 6.52. The molecule has 1 aromatic heterocycles. The number of nitrogens with zero attached hydrogens (tertiary/aromatic N) is 3. The van der Waals surface area contributed by atoms with Gasteiger partial charge in [0.2, 0.25) is 17.7 Å². The lowest BCUT2D eigenvalue weighted by atomic mass is 10.2. The van der Waals surface area contributed by atoms with Gasteiger partial charge in [-0.25, -0.2) is 4.98 Å². The van der Waals surface area contributed by atoms with Crippen molar-refractivity contribution in [1.82, 2.24) is 9.97 Å². The molecule has 0 spiro atoms. The zero-order valence-corrected chi connectivity index (χ0v) is 18.0. The molecule has 1 aliphatic heterocycles. The van der Waals surface area contributed by atoms with E-state index in [1.54, 1.807) is 31.2 Å². The lowest BCUT2D eigenvalue weighted by Crippen LogP contribution is -2.17. The molecule has 3 aromatic rings. The molecule has 0 bridgehead atoms. The van der Waals surface area contributed by atoms with Crippen LogP contribution in [0.3, 0.4) is 0 Å². The van der Waals surface area contributed by atoms with Crippen molar-refractivity contribution in [3.63, 3.8) is 0 Å². The van der Waals surface area contributed by atoms with Gasteiger partial charge in [0, 0.05) is 42.6 Å². The van der Waals surface area contributed by atoms with Crippen molar-refractivity contribution in [2.45, 2.75) is 26.2 Å². The largest absolute Gasteiger partial charge is 0.437 e. The summed E-state index contributed by atoms with van der Waals surface area (Å²) in [5.74, 6) is 1.05. The highest BCUT2D eigenvalue weighted by atomic mass is 35.5. The van der Waals surface area contributed by atoms with Crippen molar-refractivity contribution in [1.29, 1.82) is 0 Å². The molecule has 8 heteroatoms. The summed E-state index contributed by atoms with van der Waals surface area (Å²) in [7, 11) is 0. The molecule has 1 fully saturated rings. The Morgan fingerprint density at radius 3 is 2.65 bits per heavy atom. The standard InChI is InChI=1S/C23H24ClN5O2/c1-2-21(30)26-17-6-5-7-19(14-17)31-22-20(24)15-25-23(28-22)27-16-8-10-18(11-9-16)29-12-3-4-13-29/h5-11,14-15H,2-4,12-13H2,1H3,(H,26,30)(H,25,27,28). The Morgan fingerprint density at radius 2 is 1.90 bits per heavy atom. The maximum Gasteiger partial charge on any atom is 0.243 e. The van der Waals surface area contributed by atoms with E-state index in [-0.39, 0.29) is 16.8 Å². The number of anilines is 4. The maximum absolute atomic E-state index is 11.6. The highest BCUT2D eigenvalue weighted by Crippen LogP contribution is 2.30. The predicted molar refractivity (Wildman–Crippen MR) is 124 cm³/mol. The van der Waals surface area contributed by atoms with E-state index in [4.69, 9.17) is 16.3 Å². The highest BCUT2D eigenvalue weighted by molar-refractivity contribution is 6.31. The molecule has 4 rings (SSSR count). The first kappa shape index (κ1) is 20.9. The molecule has 1 saturated heterocycles. The van der Waals surface area contributed by atoms with Gasteiger partial charge in [-0.05, 0) is 49.2 Å². The molecule has 2 heterocycles. The molecule has 160 valence electrons. The summed E-state index contributed by atoms with van der Waals surface area (Å²) in [6.45, 7) is 4.01. The van der Waals surface area contributed by atoms with Gasteiger partial charge in [-0.3, -0.25) is 4.79 Å². The number of benzene rings is 2. The molecular weight excluding hydrogens is 414 g/mol. The molecule has 0 radical (unpaired) electrons. The van der Waals surface area contributed by atoms with Crippen molar-refractivity contribution in [3.05, 3.63) is 59.8 Å². The van der Waals surface area contributed by atoms with Crippen LogP contribution < -0.4 is 20.3 Å². The number of hydrogen-bond donors (Lipinski definition) is 2. The molecule has 0 atom stereocenters. The third kappa shape index (κ3) is 5.44. The molecule has 2 N–H and O–H groups in total. The van der Waals surface area contributed by atoms with Gasteiger partial charge in [-0.15, -0.1) is 0 Å². The molecule has 0 unspecified atom stereocenters. The van der Waals surface area contributed by atoms with E-state index in [1.165, 1.54) is 24.7 Å². The second kappa shape index (κ2) is 9.66. The molecule has 2 aromatic carbocycles. The first-order valence-electron chi connectivity index (χ1n) is 10.3. The number of carbonyl (C=O) groups is 1. The van der Waals surface area contributed by atoms with E-state index in [0.717, 1.165) is 18.8 Å². The number of carbonyl (C=O) groups excluding carboxylic acids is 1. The summed E-state index contributed by atoms with van der Waals surface area (Å²) < 4.78 is 5.85. The molecule has 31 heavy (non-hydrogen) atoms. The van der Waals surface area contributed by atoms with Crippen LogP contribution >= 0.6 is 11.6 Å². The summed E-state index contributed by atoms with van der Waals surface area (Å²) in [6, 6.07) is 15.3. The molecule has 1 aliphatic rings. The Bertz CT molecular complexity index is 1050. The predicted octanol–water partition coefficient (Wildman–Crippen LogP) is 5.61. The molecular formula is C23H24ClN5O2. The monoisotopic (exact) mass is 437 g/mol. The average molecular weight is 438 g/mol. The number of halogens is 1. The van der Waals surface area contributed by atoms with Gasteiger partial charge in [0.1, 0.15) is 10.8 Å². The Balaban J connectivity index is 1.46. The maximum atomic E-state index is 11.6. The van der Waals surface area contributed by atoms with E-state index in [2.05, 4.69) is 37.6 Å². The van der Waals surface area contributed by atoms with Gasteiger partial charge in [0.25, 0.3) is 0 Å². The van der Waals surface area contributed by atoms with Crippen LogP contribution in [0, 0.1) is 0 Å². The normalized spacial score (nSPS) is 13.2. The number of aromatic nitrogens is 2. The summed E-state index contributed by atoms with van der Waals surface area (Å²) in [6.07, 6.45) is 4.38. The minimum atomic E-state index is -0.0699. The summed E-state index contributed by atoms with van der Waals surface area (Å²) in [4.78, 5) is 22.6. The van der Waals surface area contributed by atoms with E-state index in [1.807, 2.05) is 12.1 Å². The van der Waals surface area contributed by atoms with Crippen LogP contribution in [0.5, 0.6) is 11.6 Å². The van der Waals surface area contributed by atoms with Crippen LogP contribution in [0.1, 0.15) is 26.2 Å². The molecule has 1 amide bonds. The van der Waals surface area contributed by atoms with E-state index in [0.29, 0.717) is 23.8 Å². The lowest BCUT2D eigenvalue weighted by Gasteiger charge is -2.17. The molecule has 0 saturated carbocycles. The zero-order chi connectivity index (χ0) is 21.6. The highest BCUT2D eigenvalue weighted by Gasteiger charge is 2.13. The zero-order valence-electron chi connectivity index (χ0n) is 17.3. The fourth-order valence-electron chi connectivity index (χ4n) is 3.34. The Labute approximate surface area is 186 Å². The van der Waals surface area contributed by atoms with E-state index < -0.39 is 0 Å². The number of rotatable bonds is 7. The van der Waals surface area contributed by atoms with Crippen molar-refractivity contribution < 1.29 is 9.53 Å². The fraction of sp³-hybridized carbons (Fsp3) is 0.261. The van der Waals surface area contributed by atoms with Crippen molar-refractivity contribution in [3.8, 4) is 11.6 Å². The summed E-state index contributed by atoms with van der Waals surface area (Å²) in [5, 5.41) is 6.27. The number of nitrogens with one attached hydrogen (secondary N) is 2. The van der Waals surface area contributed by atoms with Crippen LogP contribution in [-0.4, -0.2) is 29.0 Å². The van der Waals surface area contributed by atoms with Gasteiger partial charge in [0.05, 0.1) is 6.20 Å². The second-order valence-corrected chi connectivity index (χ2v) is 7.65. The third-order valence-corrected chi connectivity index (χ3v) is 5.22. The first-order valence-corrected chi connectivity index (χ1v) is 10.7. The summed E-state index contributed by atoms with van der Waals surface area (Å²) >= 11 is 6.24. The van der Waals surface area contributed by atoms with E-state index in [9.17, 15) is 4.79 Å². The third-order valence-electron chi connectivity index (χ3n) is 4.96. The van der Waals surface area contributed by atoms with Crippen LogP contribution in [0.4, 0.5) is 23.0 Å². The van der Waals surface area contributed by atoms with Gasteiger partial charge in [-0.1, -0.05) is 24.6 Å². The van der Waals surface area contributed by atoms with Gasteiger partial charge >= 0.3 is 0 Å². The lowest BCUT2D eigenvalue weighted by molar-refractivity contribution is -0.115. The number of amides is 1. The summed E-state index contributed by atoms with van der Waals surface area (Å²) in [5.41, 5.74) is 2.74. The second-order valence-electron chi connectivity index (χ2n) is 7.24. The van der Waals surface area contributed by atoms with Gasteiger partial charge in [-0.2, -0.15) is 4.98 Å². The smallest absolute Gasteiger partial charge is 0.243 e. The van der Waals surface area contributed by atoms with E-state index >= 15 is 0 Å². The average Bonchev–Trinajstić information content (AvgIpc) is 3.32. The van der Waals surface area contributed by atoms with Crippen LogP contribution in [0.25, 0.3) is 0 Å². The first-order chi connectivity index (χ1) is 15.1. The van der Waals surface area contributed by atoms with Gasteiger partial charge in [0.15, 0.2) is 0 Å². The molecule has 7 nitrogen and oxygen atoms in total. The van der Waals surface area contributed by atoms with Crippen molar-refractivity contribution in [2.24, 2.45) is 0 Å².